The van der Waals surface area contributed by atoms with Gasteiger partial charge in [0, 0.05) is 39.0 Å². The highest BCUT2D eigenvalue weighted by Crippen LogP contribution is 2.70. The molecule has 1 spiro atoms. The van der Waals surface area contributed by atoms with Gasteiger partial charge in [0.1, 0.15) is 24.4 Å². The fraction of sp³-hybridized carbons (Fsp3) is 0.788. The minimum absolute atomic E-state index is 0.0264. The van der Waals surface area contributed by atoms with Gasteiger partial charge in [-0.05, 0) is 51.0 Å². The van der Waals surface area contributed by atoms with Crippen LogP contribution in [0, 0.1) is 28.6 Å². The SMILES string of the molecule is CC(=O)OCC12C(OC(C)=O)CC(C)C(C)(C3CC4C=COC4O3)C1CC(O)C(OC(=O)C(C)(OC(C)=O)C(C)OC(C)=O)C21CO1. The maximum absolute atomic E-state index is 14.0. The molecule has 47 heavy (non-hydrogen) atoms. The Hall–Kier alpha value is -3.23. The number of aliphatic hydroxyl groups excluding tert-OH is 1. The van der Waals surface area contributed by atoms with E-state index in [0.717, 1.165) is 13.8 Å². The first-order valence-corrected chi connectivity index (χ1v) is 16.1. The summed E-state index contributed by atoms with van der Waals surface area (Å²) >= 11 is 0. The zero-order valence-corrected chi connectivity index (χ0v) is 28.1. The second-order valence-corrected chi connectivity index (χ2v) is 14.1. The Morgan fingerprint density at radius 1 is 1.00 bits per heavy atom. The van der Waals surface area contributed by atoms with Gasteiger partial charge < -0.3 is 43.0 Å². The van der Waals surface area contributed by atoms with E-state index in [1.807, 2.05) is 13.0 Å². The lowest BCUT2D eigenvalue weighted by Crippen LogP contribution is -2.75. The first-order chi connectivity index (χ1) is 21.9. The van der Waals surface area contributed by atoms with E-state index in [4.69, 9.17) is 37.9 Å². The molecule has 5 rings (SSSR count). The number of esters is 5. The van der Waals surface area contributed by atoms with E-state index in [-0.39, 0.29) is 37.6 Å². The average Bonchev–Trinajstić information content (AvgIpc) is 3.44. The van der Waals surface area contributed by atoms with E-state index in [2.05, 4.69) is 6.92 Å². The fourth-order valence-corrected chi connectivity index (χ4v) is 8.78. The van der Waals surface area contributed by atoms with Crippen LogP contribution in [0.5, 0.6) is 0 Å². The number of fused-ring (bicyclic) bond motifs is 3. The van der Waals surface area contributed by atoms with Gasteiger partial charge in [-0.15, -0.1) is 0 Å². The van der Waals surface area contributed by atoms with Crippen LogP contribution in [0.1, 0.15) is 74.7 Å². The number of rotatable bonds is 9. The van der Waals surface area contributed by atoms with Crippen LogP contribution in [0.2, 0.25) is 0 Å². The van der Waals surface area contributed by atoms with E-state index < -0.39 is 88.5 Å². The third kappa shape index (κ3) is 5.69. The monoisotopic (exact) mass is 666 g/mol. The Morgan fingerprint density at radius 3 is 2.23 bits per heavy atom. The van der Waals surface area contributed by atoms with E-state index in [0.29, 0.717) is 12.8 Å². The van der Waals surface area contributed by atoms with Gasteiger partial charge in [-0.2, -0.15) is 0 Å². The highest BCUT2D eigenvalue weighted by atomic mass is 16.7. The zero-order valence-electron chi connectivity index (χ0n) is 28.1. The summed E-state index contributed by atoms with van der Waals surface area (Å²) in [5.74, 6) is -4.41. The van der Waals surface area contributed by atoms with Gasteiger partial charge in [0.2, 0.25) is 11.9 Å². The van der Waals surface area contributed by atoms with Crippen LogP contribution in [0.3, 0.4) is 0 Å². The molecule has 5 aliphatic rings. The van der Waals surface area contributed by atoms with Gasteiger partial charge in [-0.3, -0.25) is 19.2 Å². The van der Waals surface area contributed by atoms with Crippen LogP contribution in [0.4, 0.5) is 0 Å². The topological polar surface area (TPSA) is 183 Å². The van der Waals surface area contributed by atoms with Crippen molar-refractivity contribution in [3.05, 3.63) is 12.3 Å². The molecule has 3 heterocycles. The predicted octanol–water partition coefficient (Wildman–Crippen LogP) is 2.12. The summed E-state index contributed by atoms with van der Waals surface area (Å²) in [5, 5.41) is 11.9. The van der Waals surface area contributed by atoms with Crippen molar-refractivity contribution in [3.8, 4) is 0 Å². The first-order valence-electron chi connectivity index (χ1n) is 16.1. The van der Waals surface area contributed by atoms with E-state index in [9.17, 15) is 29.1 Å². The largest absolute Gasteiger partial charge is 0.472 e. The Balaban J connectivity index is 1.60. The van der Waals surface area contributed by atoms with E-state index in [1.54, 1.807) is 6.26 Å². The van der Waals surface area contributed by atoms with Crippen LogP contribution < -0.4 is 0 Å². The van der Waals surface area contributed by atoms with Crippen molar-refractivity contribution in [3.63, 3.8) is 0 Å². The lowest BCUT2D eigenvalue weighted by atomic mass is 9.41. The molecule has 3 aliphatic heterocycles. The van der Waals surface area contributed by atoms with Crippen molar-refractivity contribution < 1.29 is 67.0 Å². The van der Waals surface area contributed by atoms with Crippen LogP contribution in [-0.4, -0.2) is 96.2 Å². The van der Waals surface area contributed by atoms with Crippen molar-refractivity contribution in [1.82, 2.24) is 0 Å². The van der Waals surface area contributed by atoms with Gasteiger partial charge in [0.25, 0.3) is 0 Å². The number of carbonyl (C=O) groups excluding carboxylic acids is 5. The number of hydrogen-bond donors (Lipinski definition) is 1. The van der Waals surface area contributed by atoms with Gasteiger partial charge in [0.15, 0.2) is 6.10 Å². The number of ether oxygens (including phenoxy) is 8. The maximum Gasteiger partial charge on any atom is 0.354 e. The molecule has 2 aliphatic carbocycles. The summed E-state index contributed by atoms with van der Waals surface area (Å²) in [6.07, 6.45) is -1.06. The highest BCUT2D eigenvalue weighted by molar-refractivity contribution is 5.84. The Kier molecular flexibility index (Phi) is 9.21. The van der Waals surface area contributed by atoms with Gasteiger partial charge >= 0.3 is 29.8 Å². The van der Waals surface area contributed by atoms with Crippen molar-refractivity contribution in [2.75, 3.05) is 13.2 Å². The Labute approximate surface area is 273 Å². The lowest BCUT2D eigenvalue weighted by molar-refractivity contribution is -0.286. The average molecular weight is 667 g/mol. The van der Waals surface area contributed by atoms with Crippen molar-refractivity contribution >= 4 is 29.8 Å². The fourth-order valence-electron chi connectivity index (χ4n) is 8.78. The minimum Gasteiger partial charge on any atom is -0.472 e. The Bertz CT molecular complexity index is 1320. The van der Waals surface area contributed by atoms with Crippen LogP contribution in [-0.2, 0) is 61.9 Å². The van der Waals surface area contributed by atoms with E-state index >= 15 is 0 Å². The third-order valence-corrected chi connectivity index (χ3v) is 11.4. The summed E-state index contributed by atoms with van der Waals surface area (Å²) in [6.45, 7) is 11.2. The van der Waals surface area contributed by atoms with Crippen LogP contribution in [0.15, 0.2) is 12.3 Å². The molecule has 0 aromatic carbocycles. The first kappa shape index (κ1) is 35.1. The third-order valence-electron chi connectivity index (χ3n) is 11.4. The standard InChI is InChI=1S/C33H46O14/c1-16-11-26(44-20(5)36)32(14-41-18(3)34)24(30(16,7)25-12-22-9-10-40-28(22)45-25)13-23(38)27(33(32)15-42-33)46-29(39)31(8,47-21(6)37)17(2)43-19(4)35/h9-10,16-17,22-28,38H,11-15H2,1-8H3. The molecule has 2 saturated carbocycles. The van der Waals surface area contributed by atoms with Gasteiger partial charge in [-0.1, -0.05) is 13.8 Å². The molecule has 2 saturated heterocycles. The molecule has 14 heteroatoms. The highest BCUT2D eigenvalue weighted by Gasteiger charge is 2.82. The molecule has 0 bridgehead atoms. The zero-order chi connectivity index (χ0) is 34.7. The van der Waals surface area contributed by atoms with Gasteiger partial charge in [0.05, 0.1) is 30.5 Å². The van der Waals surface area contributed by atoms with Gasteiger partial charge in [-0.25, -0.2) is 4.79 Å². The predicted molar refractivity (Wildman–Crippen MR) is 158 cm³/mol. The number of aliphatic hydroxyl groups is 1. The normalized spacial score (nSPS) is 41.7. The molecule has 0 amide bonds. The summed E-state index contributed by atoms with van der Waals surface area (Å²) in [4.78, 5) is 62.9. The molecule has 262 valence electrons. The summed E-state index contributed by atoms with van der Waals surface area (Å²) < 4.78 is 46.8. The number of carbonyl (C=O) groups is 5. The summed E-state index contributed by atoms with van der Waals surface area (Å²) in [6, 6.07) is 0. The summed E-state index contributed by atoms with van der Waals surface area (Å²) in [5.41, 5.74) is -5.59. The summed E-state index contributed by atoms with van der Waals surface area (Å²) in [7, 11) is 0. The van der Waals surface area contributed by atoms with Crippen LogP contribution >= 0.6 is 0 Å². The van der Waals surface area contributed by atoms with E-state index in [1.165, 1.54) is 27.7 Å². The molecule has 0 aromatic heterocycles. The van der Waals surface area contributed by atoms with Crippen molar-refractivity contribution in [1.29, 1.82) is 0 Å². The second-order valence-electron chi connectivity index (χ2n) is 14.1. The molecule has 14 nitrogen and oxygen atoms in total. The molecule has 1 N–H and O–H groups in total. The van der Waals surface area contributed by atoms with Crippen LogP contribution in [0.25, 0.3) is 0 Å². The molecule has 0 radical (unpaired) electrons. The van der Waals surface area contributed by atoms with Crippen molar-refractivity contribution in [2.24, 2.45) is 28.6 Å². The lowest BCUT2D eigenvalue weighted by Gasteiger charge is -2.65. The molecule has 4 fully saturated rings. The smallest absolute Gasteiger partial charge is 0.354 e. The maximum atomic E-state index is 14.0. The van der Waals surface area contributed by atoms with Crippen molar-refractivity contribution in [2.45, 2.75) is 123 Å². The quantitative estimate of drug-likeness (QED) is 0.215. The molecule has 0 aromatic rings. The number of epoxide rings is 1. The molecular weight excluding hydrogens is 620 g/mol. The second kappa shape index (κ2) is 12.3. The molecule has 13 unspecified atom stereocenters. The number of hydrogen-bond acceptors (Lipinski definition) is 14. The molecular formula is C33H46O14. The minimum atomic E-state index is -2.10. The molecule has 13 atom stereocenters. The Morgan fingerprint density at radius 2 is 1.68 bits per heavy atom.